The van der Waals surface area contributed by atoms with E-state index >= 15 is 0 Å². The minimum absolute atomic E-state index is 0.125. The number of carbonyl (C=O) groups is 1. The molecule has 35 heavy (non-hydrogen) atoms. The molecule has 6 nitrogen and oxygen atoms in total. The number of rotatable bonds is 8. The maximum Gasteiger partial charge on any atom is 0.251 e. The van der Waals surface area contributed by atoms with Gasteiger partial charge in [-0.3, -0.25) is 4.79 Å². The van der Waals surface area contributed by atoms with Crippen LogP contribution in [0.3, 0.4) is 0 Å². The Morgan fingerprint density at radius 1 is 1.20 bits per heavy atom. The number of hydrogen-bond donors (Lipinski definition) is 3. The van der Waals surface area contributed by atoms with Gasteiger partial charge in [-0.2, -0.15) is 0 Å². The van der Waals surface area contributed by atoms with Gasteiger partial charge in [-0.25, -0.2) is 0 Å². The second kappa shape index (κ2) is 10.6. The number of benzene rings is 2. The van der Waals surface area contributed by atoms with Gasteiger partial charge in [0.05, 0.1) is 23.3 Å². The number of amides is 1. The molecule has 0 aliphatic carbocycles. The molecular formula is C28H38N4O2S. The van der Waals surface area contributed by atoms with Crippen molar-refractivity contribution in [3.05, 3.63) is 65.4 Å². The van der Waals surface area contributed by atoms with Crippen LogP contribution in [0.15, 0.2) is 48.7 Å². The van der Waals surface area contributed by atoms with Crippen molar-refractivity contribution < 1.29 is 9.90 Å². The fourth-order valence-corrected chi connectivity index (χ4v) is 5.45. The number of nitrogens with one attached hydrogen (secondary N) is 2. The summed E-state index contributed by atoms with van der Waals surface area (Å²) in [6.07, 6.45) is 2.98. The zero-order chi connectivity index (χ0) is 25.2. The highest BCUT2D eigenvalue weighted by molar-refractivity contribution is 8.00. The Morgan fingerprint density at radius 3 is 2.63 bits per heavy atom. The van der Waals surface area contributed by atoms with Crippen molar-refractivity contribution in [2.75, 3.05) is 23.7 Å². The Hall–Kier alpha value is -2.48. The van der Waals surface area contributed by atoms with Crippen molar-refractivity contribution in [1.82, 2.24) is 15.2 Å². The first-order valence-corrected chi connectivity index (χ1v) is 13.4. The highest BCUT2D eigenvalue weighted by Crippen LogP contribution is 2.37. The standard InChI is InChI=1S/C28H38N4O2S/c1-6-20-18-32-12-13-35-31(5)24-16-21(15-22(20)26(24)32)27(34)30-23(14-19-10-8-7-9-11-19)25(33)17-29-28(2,3)4/h7-11,15-16,18,23,25,29,33H,6,12-14,17H2,1-5H3,(H,30,34)/t23-,25+/m0/s1. The number of anilines is 1. The highest BCUT2D eigenvalue weighted by Gasteiger charge is 2.26. The summed E-state index contributed by atoms with van der Waals surface area (Å²) in [7, 11) is 2.07. The molecule has 7 heteroatoms. The quantitative estimate of drug-likeness (QED) is 0.405. The van der Waals surface area contributed by atoms with Crippen molar-refractivity contribution in [2.24, 2.45) is 0 Å². The highest BCUT2D eigenvalue weighted by atomic mass is 32.2. The van der Waals surface area contributed by atoms with Gasteiger partial charge in [-0.05, 0) is 68.8 Å². The first kappa shape index (κ1) is 25.6. The van der Waals surface area contributed by atoms with Crippen molar-refractivity contribution >= 4 is 34.4 Å². The first-order valence-electron chi connectivity index (χ1n) is 12.5. The lowest BCUT2D eigenvalue weighted by atomic mass is 9.99. The fourth-order valence-electron chi connectivity index (χ4n) is 4.62. The van der Waals surface area contributed by atoms with E-state index in [4.69, 9.17) is 0 Å². The van der Waals surface area contributed by atoms with E-state index in [1.807, 2.05) is 42.5 Å². The van der Waals surface area contributed by atoms with Crippen LogP contribution in [-0.4, -0.2) is 52.6 Å². The number of β-amino-alcohol motifs (C(OH)–C–C–N with tert-alkyl or cyclic N) is 1. The molecule has 0 saturated carbocycles. The molecular weight excluding hydrogens is 456 g/mol. The lowest BCUT2D eigenvalue weighted by Gasteiger charge is -2.28. The van der Waals surface area contributed by atoms with Crippen LogP contribution in [0.25, 0.3) is 10.9 Å². The molecule has 0 bridgehead atoms. The fraction of sp³-hybridized carbons (Fsp3) is 0.464. The topological polar surface area (TPSA) is 69.5 Å². The molecule has 2 aromatic carbocycles. The third-order valence-electron chi connectivity index (χ3n) is 6.56. The zero-order valence-corrected chi connectivity index (χ0v) is 22.3. The van der Waals surface area contributed by atoms with E-state index in [9.17, 15) is 9.90 Å². The smallest absolute Gasteiger partial charge is 0.251 e. The lowest BCUT2D eigenvalue weighted by Crippen LogP contribution is -2.51. The number of aryl methyl sites for hydroxylation is 2. The lowest BCUT2D eigenvalue weighted by molar-refractivity contribution is 0.0817. The Bertz CT molecular complexity index is 1170. The number of aliphatic hydroxyl groups is 1. The molecule has 1 aliphatic heterocycles. The maximum atomic E-state index is 13.6. The molecule has 0 spiro atoms. The summed E-state index contributed by atoms with van der Waals surface area (Å²) in [5, 5.41) is 18.8. The summed E-state index contributed by atoms with van der Waals surface area (Å²) in [6, 6.07) is 13.6. The third kappa shape index (κ3) is 6.02. The molecule has 0 saturated heterocycles. The Kier molecular flexibility index (Phi) is 7.79. The number of hydrogen-bond acceptors (Lipinski definition) is 5. The zero-order valence-electron chi connectivity index (χ0n) is 21.5. The Morgan fingerprint density at radius 2 is 1.94 bits per heavy atom. The van der Waals surface area contributed by atoms with Gasteiger partial charge in [-0.15, -0.1) is 0 Å². The predicted molar refractivity (Wildman–Crippen MR) is 147 cm³/mol. The van der Waals surface area contributed by atoms with Crippen LogP contribution >= 0.6 is 11.9 Å². The molecule has 0 unspecified atom stereocenters. The molecule has 0 radical (unpaired) electrons. The molecule has 3 N–H and O–H groups in total. The number of aliphatic hydroxyl groups excluding tert-OH is 1. The van der Waals surface area contributed by atoms with Gasteiger partial charge in [0.1, 0.15) is 0 Å². The van der Waals surface area contributed by atoms with E-state index < -0.39 is 12.1 Å². The average molecular weight is 495 g/mol. The van der Waals surface area contributed by atoms with Crippen molar-refractivity contribution in [1.29, 1.82) is 0 Å². The third-order valence-corrected chi connectivity index (χ3v) is 7.50. The predicted octanol–water partition coefficient (Wildman–Crippen LogP) is 4.39. The van der Waals surface area contributed by atoms with Crippen molar-refractivity contribution in [3.63, 3.8) is 0 Å². The van der Waals surface area contributed by atoms with Gasteiger partial charge < -0.3 is 24.6 Å². The molecule has 188 valence electrons. The molecule has 3 aromatic rings. The summed E-state index contributed by atoms with van der Waals surface area (Å²) in [5.41, 5.74) is 5.09. The van der Waals surface area contributed by atoms with Gasteiger partial charge in [0.25, 0.3) is 5.91 Å². The number of carbonyl (C=O) groups excluding carboxylic acids is 1. The Labute approximate surface area is 213 Å². The van der Waals surface area contributed by atoms with Gasteiger partial charge in [0, 0.05) is 48.6 Å². The molecule has 4 rings (SSSR count). The van der Waals surface area contributed by atoms with E-state index in [1.165, 1.54) is 11.1 Å². The molecule has 0 fully saturated rings. The van der Waals surface area contributed by atoms with Gasteiger partial charge >= 0.3 is 0 Å². The second-order valence-corrected chi connectivity index (χ2v) is 11.6. The van der Waals surface area contributed by atoms with E-state index in [0.717, 1.165) is 35.4 Å². The van der Waals surface area contributed by atoms with Crippen LogP contribution in [-0.2, 0) is 19.4 Å². The van der Waals surface area contributed by atoms with Crippen LogP contribution in [0.1, 0.15) is 49.2 Å². The van der Waals surface area contributed by atoms with E-state index in [-0.39, 0.29) is 11.4 Å². The van der Waals surface area contributed by atoms with Gasteiger partial charge in [0.2, 0.25) is 0 Å². The van der Waals surface area contributed by atoms with Crippen molar-refractivity contribution in [2.45, 2.75) is 64.8 Å². The van der Waals surface area contributed by atoms with Crippen LogP contribution in [0.5, 0.6) is 0 Å². The van der Waals surface area contributed by atoms with E-state index in [1.54, 1.807) is 11.9 Å². The Balaban J connectivity index is 1.64. The largest absolute Gasteiger partial charge is 0.390 e. The van der Waals surface area contributed by atoms with Crippen LogP contribution < -0.4 is 14.9 Å². The van der Waals surface area contributed by atoms with Crippen molar-refractivity contribution in [3.8, 4) is 0 Å². The van der Waals surface area contributed by atoms with Crippen LogP contribution in [0.2, 0.25) is 0 Å². The minimum atomic E-state index is -0.728. The average Bonchev–Trinajstić information content (AvgIpc) is 3.10. The van der Waals surface area contributed by atoms with E-state index in [2.05, 4.69) is 60.4 Å². The van der Waals surface area contributed by atoms with E-state index in [0.29, 0.717) is 18.5 Å². The number of aromatic nitrogens is 1. The molecule has 1 amide bonds. The van der Waals surface area contributed by atoms with Gasteiger partial charge in [-0.1, -0.05) is 37.3 Å². The maximum absolute atomic E-state index is 13.6. The minimum Gasteiger partial charge on any atom is -0.390 e. The molecule has 2 atom stereocenters. The summed E-state index contributed by atoms with van der Waals surface area (Å²) in [6.45, 7) is 9.72. The SMILES string of the molecule is CCc1cn2c3c(cc(C(=O)N[C@@H](Cc4ccccc4)[C@H](O)CNC(C)(C)C)cc13)N(C)SCC2. The summed E-state index contributed by atoms with van der Waals surface area (Å²) < 4.78 is 4.49. The molecule has 1 aromatic heterocycles. The second-order valence-electron chi connectivity index (χ2n) is 10.4. The molecule has 1 aliphatic rings. The summed E-state index contributed by atoms with van der Waals surface area (Å²) in [5.74, 6) is 0.836. The monoisotopic (exact) mass is 494 g/mol. The normalized spacial score (nSPS) is 15.7. The first-order chi connectivity index (χ1) is 16.7. The van der Waals surface area contributed by atoms with Crippen LogP contribution in [0, 0.1) is 0 Å². The number of nitrogens with zero attached hydrogens (tertiary/aromatic N) is 2. The molecule has 2 heterocycles. The summed E-state index contributed by atoms with van der Waals surface area (Å²) >= 11 is 1.77. The summed E-state index contributed by atoms with van der Waals surface area (Å²) in [4.78, 5) is 13.6. The van der Waals surface area contributed by atoms with Crippen LogP contribution in [0.4, 0.5) is 5.69 Å². The van der Waals surface area contributed by atoms with Gasteiger partial charge in [0.15, 0.2) is 0 Å².